The van der Waals surface area contributed by atoms with Crippen LogP contribution in [0.4, 0.5) is 10.7 Å². The number of nitrogens with zero attached hydrogens (tertiary/aromatic N) is 2. The molecule has 0 radical (unpaired) electrons. The van der Waals surface area contributed by atoms with Gasteiger partial charge in [-0.3, -0.25) is 39.0 Å². The molecule has 4 amide bonds. The number of rotatable bonds is 8. The van der Waals surface area contributed by atoms with Gasteiger partial charge in [-0.2, -0.15) is 0 Å². The zero-order valence-corrected chi connectivity index (χ0v) is 16.5. The number of nitrogens with two attached hydrogens (primary N) is 1. The number of nitro benzene ring substituents is 1. The van der Waals surface area contributed by atoms with Gasteiger partial charge in [-0.05, 0) is 17.5 Å². The Balaban J connectivity index is 1.54. The van der Waals surface area contributed by atoms with Crippen molar-refractivity contribution in [1.82, 2.24) is 4.90 Å². The van der Waals surface area contributed by atoms with Gasteiger partial charge in [-0.15, -0.1) is 11.3 Å². The van der Waals surface area contributed by atoms with Crippen molar-refractivity contribution in [3.63, 3.8) is 0 Å². The Morgan fingerprint density at radius 3 is 2.61 bits per heavy atom. The van der Waals surface area contributed by atoms with Crippen LogP contribution in [0, 0.1) is 10.1 Å². The lowest BCUT2D eigenvalue weighted by atomic mass is 10.1. The molecule has 0 aliphatic carbocycles. The van der Waals surface area contributed by atoms with E-state index in [1.807, 2.05) is 0 Å². The SMILES string of the molecule is NC(=O)c1ccsc1NC(=O)COC(=O)CCN1C(=O)c2cccc([N+](=O)[O-])c2C1=O. The Labute approximate surface area is 177 Å². The second-order valence-corrected chi connectivity index (χ2v) is 7.12. The molecule has 31 heavy (non-hydrogen) atoms. The summed E-state index contributed by atoms with van der Waals surface area (Å²) in [6, 6.07) is 5.12. The van der Waals surface area contributed by atoms with Crippen molar-refractivity contribution in [3.05, 3.63) is 56.5 Å². The summed E-state index contributed by atoms with van der Waals surface area (Å²) in [5.74, 6) is -3.95. The number of benzene rings is 1. The third-order valence-electron chi connectivity index (χ3n) is 4.26. The normalized spacial score (nSPS) is 12.5. The second-order valence-electron chi connectivity index (χ2n) is 6.21. The molecule has 1 aliphatic rings. The van der Waals surface area contributed by atoms with Crippen molar-refractivity contribution >= 4 is 51.6 Å². The van der Waals surface area contributed by atoms with Gasteiger partial charge in [0.15, 0.2) is 6.61 Å². The molecule has 13 heteroatoms. The lowest BCUT2D eigenvalue weighted by Crippen LogP contribution is -2.32. The molecule has 3 rings (SSSR count). The summed E-state index contributed by atoms with van der Waals surface area (Å²) in [7, 11) is 0. The molecule has 0 saturated heterocycles. The van der Waals surface area contributed by atoms with Gasteiger partial charge >= 0.3 is 5.97 Å². The van der Waals surface area contributed by atoms with Gasteiger partial charge in [0.05, 0.1) is 22.5 Å². The topological polar surface area (TPSA) is 179 Å². The molecule has 0 atom stereocenters. The lowest BCUT2D eigenvalue weighted by molar-refractivity contribution is -0.385. The van der Waals surface area contributed by atoms with Gasteiger partial charge in [0.1, 0.15) is 10.6 Å². The quantitative estimate of drug-likeness (QED) is 0.260. The molecule has 2 aromatic rings. The van der Waals surface area contributed by atoms with Crippen LogP contribution < -0.4 is 11.1 Å². The van der Waals surface area contributed by atoms with Crippen LogP contribution in [0.5, 0.6) is 0 Å². The van der Waals surface area contributed by atoms with E-state index < -0.39 is 53.2 Å². The average molecular weight is 446 g/mol. The number of carbonyl (C=O) groups is 5. The number of hydrogen-bond acceptors (Lipinski definition) is 9. The maximum Gasteiger partial charge on any atom is 0.308 e. The van der Waals surface area contributed by atoms with Gasteiger partial charge in [-0.25, -0.2) is 0 Å². The number of nitro groups is 1. The molecule has 2 heterocycles. The van der Waals surface area contributed by atoms with Crippen molar-refractivity contribution in [1.29, 1.82) is 0 Å². The summed E-state index contributed by atoms with van der Waals surface area (Å²) in [6.45, 7) is -1.04. The first-order valence-electron chi connectivity index (χ1n) is 8.67. The number of ether oxygens (including phenoxy) is 1. The number of nitrogens with one attached hydrogen (secondary N) is 1. The summed E-state index contributed by atoms with van der Waals surface area (Å²) in [6.07, 6.45) is -0.419. The van der Waals surface area contributed by atoms with Crippen LogP contribution in [0.1, 0.15) is 37.5 Å². The van der Waals surface area contributed by atoms with Crippen LogP contribution in [0.15, 0.2) is 29.6 Å². The molecule has 0 unspecified atom stereocenters. The molecule has 0 spiro atoms. The van der Waals surface area contributed by atoms with Gasteiger partial charge in [-0.1, -0.05) is 6.07 Å². The minimum Gasteiger partial charge on any atom is -0.456 e. The smallest absolute Gasteiger partial charge is 0.308 e. The zero-order chi connectivity index (χ0) is 22.7. The number of thiophene rings is 1. The first-order valence-corrected chi connectivity index (χ1v) is 9.55. The third-order valence-corrected chi connectivity index (χ3v) is 5.09. The van der Waals surface area contributed by atoms with Gasteiger partial charge in [0.2, 0.25) is 0 Å². The molecular formula is C18H14N4O8S. The molecular weight excluding hydrogens is 432 g/mol. The van der Waals surface area contributed by atoms with Crippen molar-refractivity contribution in [2.45, 2.75) is 6.42 Å². The summed E-state index contributed by atoms with van der Waals surface area (Å²) in [4.78, 5) is 70.8. The van der Waals surface area contributed by atoms with Crippen LogP contribution in [-0.2, 0) is 14.3 Å². The van der Waals surface area contributed by atoms with Crippen LogP contribution in [0.25, 0.3) is 0 Å². The maximum atomic E-state index is 12.4. The molecule has 1 aromatic heterocycles. The van der Waals surface area contributed by atoms with E-state index in [-0.39, 0.29) is 28.2 Å². The number of hydrogen-bond donors (Lipinski definition) is 2. The van der Waals surface area contributed by atoms with E-state index in [2.05, 4.69) is 5.32 Å². The van der Waals surface area contributed by atoms with Crippen LogP contribution in [0.2, 0.25) is 0 Å². The minimum absolute atomic E-state index is 0.115. The van der Waals surface area contributed by atoms with E-state index in [1.165, 1.54) is 18.2 Å². The van der Waals surface area contributed by atoms with Crippen molar-refractivity contribution in [2.24, 2.45) is 5.73 Å². The highest BCUT2D eigenvalue weighted by molar-refractivity contribution is 7.14. The summed E-state index contributed by atoms with van der Waals surface area (Å²) in [5.41, 5.74) is 4.34. The van der Waals surface area contributed by atoms with Crippen molar-refractivity contribution < 1.29 is 33.6 Å². The minimum atomic E-state index is -0.880. The number of imide groups is 1. The molecule has 1 aliphatic heterocycles. The molecule has 0 saturated carbocycles. The van der Waals surface area contributed by atoms with E-state index in [9.17, 15) is 34.1 Å². The highest BCUT2D eigenvalue weighted by Crippen LogP contribution is 2.30. The fraction of sp³-hybridized carbons (Fsp3) is 0.167. The fourth-order valence-corrected chi connectivity index (χ4v) is 3.66. The Bertz CT molecular complexity index is 1130. The zero-order valence-electron chi connectivity index (χ0n) is 15.7. The predicted octanol–water partition coefficient (Wildman–Crippen LogP) is 0.923. The summed E-state index contributed by atoms with van der Waals surface area (Å²) >= 11 is 1.06. The van der Waals surface area contributed by atoms with Crippen molar-refractivity contribution in [3.8, 4) is 0 Å². The van der Waals surface area contributed by atoms with Gasteiger partial charge in [0, 0.05) is 12.6 Å². The summed E-state index contributed by atoms with van der Waals surface area (Å²) < 4.78 is 4.80. The Morgan fingerprint density at radius 2 is 1.94 bits per heavy atom. The van der Waals surface area contributed by atoms with E-state index >= 15 is 0 Å². The molecule has 3 N–H and O–H groups in total. The fourth-order valence-electron chi connectivity index (χ4n) is 2.86. The van der Waals surface area contributed by atoms with Crippen LogP contribution in [-0.4, -0.2) is 52.6 Å². The summed E-state index contributed by atoms with van der Waals surface area (Å²) in [5, 5.41) is 15.2. The van der Waals surface area contributed by atoms with E-state index in [4.69, 9.17) is 10.5 Å². The maximum absolute atomic E-state index is 12.4. The highest BCUT2D eigenvalue weighted by Gasteiger charge is 2.40. The molecule has 0 bridgehead atoms. The lowest BCUT2D eigenvalue weighted by Gasteiger charge is -2.13. The Hall–Kier alpha value is -4.13. The first kappa shape index (κ1) is 21.6. The van der Waals surface area contributed by atoms with E-state index in [1.54, 1.807) is 5.38 Å². The molecule has 12 nitrogen and oxygen atoms in total. The largest absolute Gasteiger partial charge is 0.456 e. The number of primary amides is 1. The standard InChI is InChI=1S/C18H14N4O8S/c19-15(25)10-5-7-31-16(10)20-12(23)8-30-13(24)4-6-21-17(26)9-2-1-3-11(22(28)29)14(9)18(21)27/h1-3,5,7H,4,6,8H2,(H2,19,25)(H,20,23). The van der Waals surface area contributed by atoms with Gasteiger partial charge < -0.3 is 15.8 Å². The number of esters is 1. The molecule has 160 valence electrons. The Morgan fingerprint density at radius 1 is 1.19 bits per heavy atom. The van der Waals surface area contributed by atoms with Crippen LogP contribution >= 0.6 is 11.3 Å². The molecule has 0 fully saturated rings. The molecule has 1 aromatic carbocycles. The van der Waals surface area contributed by atoms with Gasteiger partial charge in [0.25, 0.3) is 29.3 Å². The predicted molar refractivity (Wildman–Crippen MR) is 106 cm³/mol. The van der Waals surface area contributed by atoms with Crippen LogP contribution in [0.3, 0.4) is 0 Å². The number of anilines is 1. The highest BCUT2D eigenvalue weighted by atomic mass is 32.1. The first-order chi connectivity index (χ1) is 14.7. The Kier molecular flexibility index (Phi) is 6.06. The van der Waals surface area contributed by atoms with E-state index in [0.717, 1.165) is 17.4 Å². The second kappa shape index (κ2) is 8.71. The third kappa shape index (κ3) is 4.40. The number of carbonyl (C=O) groups excluding carboxylic acids is 5. The van der Waals surface area contributed by atoms with E-state index in [0.29, 0.717) is 4.90 Å². The average Bonchev–Trinajstić information content (AvgIpc) is 3.28. The number of fused-ring (bicyclic) bond motifs is 1. The number of amides is 4. The monoisotopic (exact) mass is 446 g/mol. The van der Waals surface area contributed by atoms with Crippen molar-refractivity contribution in [2.75, 3.05) is 18.5 Å².